The van der Waals surface area contributed by atoms with Crippen LogP contribution in [0.3, 0.4) is 0 Å². The van der Waals surface area contributed by atoms with E-state index in [9.17, 15) is 4.79 Å². The highest BCUT2D eigenvalue weighted by atomic mass is 28.4. The van der Waals surface area contributed by atoms with E-state index in [1.807, 2.05) is 0 Å². The smallest absolute Gasteiger partial charge is 0.332 e. The van der Waals surface area contributed by atoms with Crippen LogP contribution >= 0.6 is 0 Å². The Hall–Kier alpha value is -0.262. The van der Waals surface area contributed by atoms with E-state index in [2.05, 4.69) is 45.9 Å². The van der Waals surface area contributed by atoms with Gasteiger partial charge in [0.05, 0.1) is 0 Å². The Bertz CT molecular complexity index is 374. The molecule has 0 amide bonds. The number of carbonyl (C=O) groups is 1. The lowest BCUT2D eigenvalue weighted by atomic mass is 10.4. The maximum atomic E-state index is 11.2. The Morgan fingerprint density at radius 1 is 1.10 bits per heavy atom. The molecule has 0 aromatic rings. The van der Waals surface area contributed by atoms with Gasteiger partial charge in [-0.05, 0) is 39.7 Å². The molecular weight excluding hydrogens is 320 g/mol. The Morgan fingerprint density at radius 2 is 1.65 bits per heavy atom. The van der Waals surface area contributed by atoms with Crippen LogP contribution in [0.1, 0.15) is 6.92 Å². The molecule has 116 valence electrons. The second-order valence-corrected chi connectivity index (χ2v) is 19.2. The van der Waals surface area contributed by atoms with Crippen LogP contribution in [0.25, 0.3) is 0 Å². The third kappa shape index (κ3) is 8.82. The second-order valence-electron chi connectivity index (χ2n) is 6.28. The van der Waals surface area contributed by atoms with Crippen LogP contribution in [0, 0.1) is 0 Å². The minimum absolute atomic E-state index is 0.337. The zero-order valence-corrected chi connectivity index (χ0v) is 18.5. The fraction of sp³-hybridized carbons (Fsp3) is 0.583. The number of esters is 1. The van der Waals surface area contributed by atoms with Crippen molar-refractivity contribution < 1.29 is 17.8 Å². The monoisotopic (exact) mass is 348 g/mol. The summed E-state index contributed by atoms with van der Waals surface area (Å²) in [5.41, 5.74) is 0.427. The zero-order valence-electron chi connectivity index (χ0n) is 13.7. The van der Waals surface area contributed by atoms with Crippen molar-refractivity contribution in [2.75, 3.05) is 6.23 Å². The van der Waals surface area contributed by atoms with Crippen molar-refractivity contribution in [2.24, 2.45) is 0 Å². The van der Waals surface area contributed by atoms with Gasteiger partial charge < -0.3 is 13.0 Å². The number of ether oxygens (including phenoxy) is 1. The molecule has 0 aliphatic rings. The third-order valence-corrected chi connectivity index (χ3v) is 15.8. The van der Waals surface area contributed by atoms with Gasteiger partial charge in [0.2, 0.25) is 0 Å². The molecule has 0 radical (unpaired) electrons. The van der Waals surface area contributed by atoms with Gasteiger partial charge in [-0.3, -0.25) is 0 Å². The largest absolute Gasteiger partial charge is 0.464 e. The van der Waals surface area contributed by atoms with Crippen molar-refractivity contribution in [1.82, 2.24) is 0 Å². The summed E-state index contributed by atoms with van der Waals surface area (Å²) in [6, 6.07) is 0. The maximum Gasteiger partial charge on any atom is 0.332 e. The van der Waals surface area contributed by atoms with Crippen LogP contribution in [0.2, 0.25) is 32.7 Å². The van der Waals surface area contributed by atoms with Gasteiger partial charge in [0.1, 0.15) is 6.23 Å². The minimum atomic E-state index is -1.89. The van der Waals surface area contributed by atoms with Gasteiger partial charge in [-0.25, -0.2) is 4.79 Å². The normalized spacial score (nSPS) is 13.3. The molecule has 0 aliphatic carbocycles. The first-order chi connectivity index (χ1) is 8.96. The van der Waals surface area contributed by atoms with Crippen molar-refractivity contribution in [2.45, 2.75) is 39.7 Å². The number of hydrogen-bond acceptors (Lipinski definition) is 4. The predicted octanol–water partition coefficient (Wildman–Crippen LogP) is 1.36. The third-order valence-electron chi connectivity index (χ3n) is 2.66. The SMILES string of the molecule is C=C(C)C(=O)OC[SiH2]O[Si](C)(C)C(=C)[SiH2]O[Si](C)(C)C. The van der Waals surface area contributed by atoms with Crippen LogP contribution < -0.4 is 0 Å². The molecular formula is C12H28O4Si4. The van der Waals surface area contributed by atoms with E-state index >= 15 is 0 Å². The van der Waals surface area contributed by atoms with Gasteiger partial charge in [0.15, 0.2) is 36.2 Å². The molecule has 0 fully saturated rings. The first-order valence-electron chi connectivity index (χ1n) is 6.74. The van der Waals surface area contributed by atoms with E-state index < -0.39 is 36.2 Å². The highest BCUT2D eigenvalue weighted by Gasteiger charge is 2.28. The molecule has 0 heterocycles. The molecule has 0 aliphatic heterocycles. The van der Waals surface area contributed by atoms with Crippen LogP contribution in [-0.2, 0) is 17.8 Å². The van der Waals surface area contributed by atoms with E-state index in [0.717, 1.165) is 0 Å². The summed E-state index contributed by atoms with van der Waals surface area (Å²) in [5, 5.41) is 0. The predicted molar refractivity (Wildman–Crippen MR) is 95.0 cm³/mol. The van der Waals surface area contributed by atoms with Crippen molar-refractivity contribution >= 4 is 42.1 Å². The van der Waals surface area contributed by atoms with Crippen molar-refractivity contribution in [3.05, 3.63) is 23.6 Å². The molecule has 8 heteroatoms. The summed E-state index contributed by atoms with van der Waals surface area (Å²) < 4.78 is 17.1. The van der Waals surface area contributed by atoms with Crippen LogP contribution in [0.15, 0.2) is 23.6 Å². The standard InChI is InChI=1S/C12H28O4Si4/c1-10(2)12(13)14-9-17-15-20(7,8)11(3)18-16-19(4,5)6/h1,3,9,17-18H2,2,4-8H3. The van der Waals surface area contributed by atoms with E-state index in [1.165, 1.54) is 4.82 Å². The molecule has 4 nitrogen and oxygen atoms in total. The summed E-state index contributed by atoms with van der Waals surface area (Å²) in [4.78, 5) is 12.4. The Labute approximate surface area is 129 Å². The molecule has 0 aromatic carbocycles. The molecule has 20 heavy (non-hydrogen) atoms. The van der Waals surface area contributed by atoms with Crippen molar-refractivity contribution in [1.29, 1.82) is 0 Å². The fourth-order valence-electron chi connectivity index (χ4n) is 1.13. The van der Waals surface area contributed by atoms with Gasteiger partial charge >= 0.3 is 5.97 Å². The highest BCUT2D eigenvalue weighted by molar-refractivity contribution is 6.92. The van der Waals surface area contributed by atoms with E-state index in [1.54, 1.807) is 6.92 Å². The quantitative estimate of drug-likeness (QED) is 0.273. The average Bonchev–Trinajstić information content (AvgIpc) is 2.30. The summed E-state index contributed by atoms with van der Waals surface area (Å²) in [6.45, 7) is 20.2. The highest BCUT2D eigenvalue weighted by Crippen LogP contribution is 2.15. The summed E-state index contributed by atoms with van der Waals surface area (Å²) in [5.74, 6) is -0.337. The molecule has 0 rings (SSSR count). The van der Waals surface area contributed by atoms with Gasteiger partial charge in [-0.1, -0.05) is 11.4 Å². The van der Waals surface area contributed by atoms with Gasteiger partial charge in [-0.2, -0.15) is 0 Å². The number of hydrogen-bond donors (Lipinski definition) is 0. The molecule has 0 aromatic heterocycles. The van der Waals surface area contributed by atoms with Crippen molar-refractivity contribution in [3.63, 3.8) is 0 Å². The van der Waals surface area contributed by atoms with Crippen molar-refractivity contribution in [3.8, 4) is 0 Å². The minimum Gasteiger partial charge on any atom is -0.464 e. The number of carbonyl (C=O) groups excluding carboxylic acids is 1. The lowest BCUT2D eigenvalue weighted by Crippen LogP contribution is -2.41. The Morgan fingerprint density at radius 3 is 2.10 bits per heavy atom. The Kier molecular flexibility index (Phi) is 8.14. The Balaban J connectivity index is 4.09. The second kappa shape index (κ2) is 8.25. The lowest BCUT2D eigenvalue weighted by molar-refractivity contribution is -0.137. The fourth-order valence-corrected chi connectivity index (χ4v) is 9.98. The van der Waals surface area contributed by atoms with Gasteiger partial charge in [0, 0.05) is 5.57 Å². The van der Waals surface area contributed by atoms with Crippen LogP contribution in [0.4, 0.5) is 0 Å². The zero-order chi connectivity index (χ0) is 16.0. The van der Waals surface area contributed by atoms with E-state index in [4.69, 9.17) is 13.0 Å². The molecule has 0 atom stereocenters. The summed E-state index contributed by atoms with van der Waals surface area (Å²) >= 11 is 0. The summed E-state index contributed by atoms with van der Waals surface area (Å²) in [6.07, 6.45) is 0.395. The maximum absolute atomic E-state index is 11.2. The van der Waals surface area contributed by atoms with E-state index in [-0.39, 0.29) is 5.97 Å². The molecule has 0 saturated heterocycles. The molecule has 0 N–H and O–H groups in total. The first kappa shape index (κ1) is 19.7. The number of rotatable bonds is 9. The molecule has 0 saturated carbocycles. The molecule has 0 unspecified atom stereocenters. The first-order valence-corrected chi connectivity index (χ1v) is 15.9. The molecule has 0 bridgehead atoms. The average molecular weight is 349 g/mol. The summed E-state index contributed by atoms with van der Waals surface area (Å²) in [7, 11) is -4.96. The van der Waals surface area contributed by atoms with Crippen LogP contribution in [0.5, 0.6) is 0 Å². The molecule has 0 spiro atoms. The van der Waals surface area contributed by atoms with Gasteiger partial charge in [-0.15, -0.1) is 6.58 Å². The van der Waals surface area contributed by atoms with E-state index in [0.29, 0.717) is 11.8 Å². The van der Waals surface area contributed by atoms with Crippen LogP contribution in [-0.4, -0.2) is 48.4 Å². The lowest BCUT2D eigenvalue weighted by Gasteiger charge is -2.28. The van der Waals surface area contributed by atoms with Gasteiger partial charge in [0.25, 0.3) is 0 Å². The topological polar surface area (TPSA) is 44.8 Å².